The van der Waals surface area contributed by atoms with Crippen LogP contribution >= 0.6 is 31.6 Å². The van der Waals surface area contributed by atoms with Gasteiger partial charge in [0.15, 0.2) is 0 Å². The lowest BCUT2D eigenvalue weighted by molar-refractivity contribution is 0.255. The van der Waals surface area contributed by atoms with E-state index < -0.39 is 13.4 Å². The molecular weight excluding hydrogens is 301 g/mol. The maximum absolute atomic E-state index is 11.5. The number of rotatable bonds is 2. The lowest BCUT2D eigenvalue weighted by atomic mass is 10.1. The first-order valence-corrected chi connectivity index (χ1v) is 8.98. The Morgan fingerprint density at radius 2 is 2.00 bits per heavy atom. The van der Waals surface area contributed by atoms with Crippen molar-refractivity contribution in [3.05, 3.63) is 30.3 Å². The summed E-state index contributed by atoms with van der Waals surface area (Å²) in [7, 11) is -4.13. The number of hydrogen-bond acceptors (Lipinski definition) is 3. The summed E-state index contributed by atoms with van der Waals surface area (Å²) in [6, 6.07) is 9.64. The highest BCUT2D eigenvalue weighted by atomic mass is 32.2. The Hall–Kier alpha value is -0.390. The molecule has 0 amide bonds. The lowest BCUT2D eigenvalue weighted by Crippen LogP contribution is -2.41. The molecule has 0 spiro atoms. The van der Waals surface area contributed by atoms with Gasteiger partial charge in [-0.15, -0.1) is 0 Å². The van der Waals surface area contributed by atoms with Crippen molar-refractivity contribution in [1.29, 1.82) is 0 Å². The lowest BCUT2D eigenvalue weighted by Gasteiger charge is -2.37. The quantitative estimate of drug-likeness (QED) is 0.497. The number of nitrogens with zero attached hydrogens (tertiary/aromatic N) is 1. The molecule has 1 heterocycles. The van der Waals surface area contributed by atoms with Crippen LogP contribution in [0.15, 0.2) is 35.2 Å². The second kappa shape index (κ2) is 6.37. The fraction of sp³-hybridized carbons (Fsp3) is 0.417. The van der Waals surface area contributed by atoms with Gasteiger partial charge in [0.1, 0.15) is 10.1 Å². The normalized spacial score (nSPS) is 20.3. The Labute approximate surface area is 122 Å². The van der Waals surface area contributed by atoms with Gasteiger partial charge in [0, 0.05) is 11.4 Å². The van der Waals surface area contributed by atoms with Crippen LogP contribution in [0.1, 0.15) is 19.3 Å². The van der Waals surface area contributed by atoms with Crippen molar-refractivity contribution in [2.45, 2.75) is 29.9 Å². The summed E-state index contributed by atoms with van der Waals surface area (Å²) < 4.78 is 12.1. The van der Waals surface area contributed by atoms with Crippen LogP contribution in [0.4, 0.5) is 0 Å². The highest BCUT2D eigenvalue weighted by Gasteiger charge is 2.37. The zero-order valence-corrected chi connectivity index (χ0v) is 12.8. The summed E-state index contributed by atoms with van der Waals surface area (Å²) in [4.78, 5) is 21.5. The molecule has 1 atom stereocenters. The van der Waals surface area contributed by atoms with Crippen LogP contribution in [-0.4, -0.2) is 31.3 Å². The van der Waals surface area contributed by atoms with Crippen LogP contribution in [0.25, 0.3) is 0 Å². The van der Waals surface area contributed by atoms with E-state index in [1.54, 1.807) is 4.90 Å². The van der Waals surface area contributed by atoms with Gasteiger partial charge in [0.05, 0.1) is 0 Å². The molecule has 0 aromatic heterocycles. The monoisotopic (exact) mass is 317 g/mol. The molecule has 0 aliphatic carbocycles. The molecule has 0 saturated carbocycles. The molecule has 7 heteroatoms. The summed E-state index contributed by atoms with van der Waals surface area (Å²) in [6.45, 7) is 0.619. The van der Waals surface area contributed by atoms with E-state index in [9.17, 15) is 14.4 Å². The molecule has 1 aliphatic rings. The minimum absolute atomic E-state index is 0.500. The molecule has 19 heavy (non-hydrogen) atoms. The third-order valence-corrected chi connectivity index (χ3v) is 5.76. The first-order valence-electron chi connectivity index (χ1n) is 6.07. The van der Waals surface area contributed by atoms with E-state index in [4.69, 9.17) is 12.2 Å². The molecule has 1 fully saturated rings. The van der Waals surface area contributed by atoms with Gasteiger partial charge < -0.3 is 14.7 Å². The highest BCUT2D eigenvalue weighted by Crippen LogP contribution is 2.48. The zero-order chi connectivity index (χ0) is 13.9. The van der Waals surface area contributed by atoms with E-state index >= 15 is 0 Å². The van der Waals surface area contributed by atoms with E-state index in [-0.39, 0.29) is 0 Å². The first kappa shape index (κ1) is 15.0. The Balaban J connectivity index is 2.10. The Kier molecular flexibility index (Phi) is 5.03. The highest BCUT2D eigenvalue weighted by molar-refractivity contribution is 8.23. The van der Waals surface area contributed by atoms with Gasteiger partial charge >= 0.3 is 7.60 Å². The maximum Gasteiger partial charge on any atom is 0.347 e. The Morgan fingerprint density at radius 1 is 1.32 bits per heavy atom. The van der Waals surface area contributed by atoms with Crippen molar-refractivity contribution >= 4 is 35.9 Å². The predicted molar refractivity (Wildman–Crippen MR) is 81.3 cm³/mol. The molecule has 1 aromatic rings. The van der Waals surface area contributed by atoms with Gasteiger partial charge in [-0.3, -0.25) is 4.57 Å². The van der Waals surface area contributed by atoms with E-state index in [1.807, 2.05) is 30.3 Å². The molecule has 1 aliphatic heterocycles. The second-order valence-corrected chi connectivity index (χ2v) is 7.92. The van der Waals surface area contributed by atoms with Crippen LogP contribution < -0.4 is 0 Å². The van der Waals surface area contributed by atoms with Gasteiger partial charge in [0.25, 0.3) is 0 Å². The predicted octanol–water partition coefficient (Wildman–Crippen LogP) is 3.05. The SMILES string of the molecule is O=P(O)(O)C1CCCCN1C(=S)Sc1ccccc1. The summed E-state index contributed by atoms with van der Waals surface area (Å²) >= 11 is 6.73. The van der Waals surface area contributed by atoms with Crippen LogP contribution in [0.3, 0.4) is 0 Å². The number of thioether (sulfide) groups is 1. The Bertz CT molecular complexity index is 491. The molecule has 4 nitrogen and oxygen atoms in total. The van der Waals surface area contributed by atoms with Gasteiger partial charge in [0.2, 0.25) is 0 Å². The molecule has 1 aromatic carbocycles. The van der Waals surface area contributed by atoms with Crippen LogP contribution in [0.2, 0.25) is 0 Å². The van der Waals surface area contributed by atoms with E-state index in [2.05, 4.69) is 0 Å². The van der Waals surface area contributed by atoms with E-state index in [0.29, 0.717) is 17.3 Å². The third kappa shape index (κ3) is 4.04. The molecule has 1 unspecified atom stereocenters. The molecule has 0 radical (unpaired) electrons. The van der Waals surface area contributed by atoms with Crippen molar-refractivity contribution in [2.75, 3.05) is 6.54 Å². The van der Waals surface area contributed by atoms with Crippen molar-refractivity contribution in [3.8, 4) is 0 Å². The van der Waals surface area contributed by atoms with Crippen molar-refractivity contribution in [3.63, 3.8) is 0 Å². The Morgan fingerprint density at radius 3 is 2.63 bits per heavy atom. The van der Waals surface area contributed by atoms with Gasteiger partial charge in [-0.2, -0.15) is 0 Å². The summed E-state index contributed by atoms with van der Waals surface area (Å²) in [5.41, 5.74) is 0. The van der Waals surface area contributed by atoms with Gasteiger partial charge in [-0.25, -0.2) is 0 Å². The summed E-state index contributed by atoms with van der Waals surface area (Å²) in [5.74, 6) is -0.759. The van der Waals surface area contributed by atoms with Crippen molar-refractivity contribution < 1.29 is 14.4 Å². The number of benzene rings is 1. The van der Waals surface area contributed by atoms with Crippen LogP contribution in [0.5, 0.6) is 0 Å². The number of hydrogen-bond donors (Lipinski definition) is 2. The number of thiocarbonyl (C=S) groups is 1. The smallest absolute Gasteiger partial charge is 0.343 e. The molecule has 2 rings (SSSR count). The zero-order valence-electron chi connectivity index (χ0n) is 10.3. The average Bonchev–Trinajstić information content (AvgIpc) is 2.39. The third-order valence-electron chi connectivity index (χ3n) is 3.04. The topological polar surface area (TPSA) is 60.8 Å². The second-order valence-electron chi connectivity index (χ2n) is 4.44. The number of likely N-dealkylation sites (tertiary alicyclic amines) is 1. The van der Waals surface area contributed by atoms with Crippen LogP contribution in [0, 0.1) is 0 Å². The molecule has 1 saturated heterocycles. The fourth-order valence-electron chi connectivity index (χ4n) is 2.12. The molecule has 104 valence electrons. The van der Waals surface area contributed by atoms with E-state index in [1.165, 1.54) is 11.8 Å². The summed E-state index contributed by atoms with van der Waals surface area (Å²) in [5, 5.41) is 0. The van der Waals surface area contributed by atoms with Crippen LogP contribution in [-0.2, 0) is 4.57 Å². The minimum atomic E-state index is -4.13. The van der Waals surface area contributed by atoms with Gasteiger partial charge in [-0.05, 0) is 31.4 Å². The standard InChI is InChI=1S/C12H16NO3PS2/c14-17(15,16)11-8-4-5-9-13(11)12(18)19-10-6-2-1-3-7-10/h1-3,6-7,11H,4-5,8-9H2,(H2,14,15,16). The maximum atomic E-state index is 11.5. The average molecular weight is 317 g/mol. The van der Waals surface area contributed by atoms with Crippen molar-refractivity contribution in [2.24, 2.45) is 0 Å². The first-order chi connectivity index (χ1) is 8.98. The molecule has 0 bridgehead atoms. The molecule has 2 N–H and O–H groups in total. The van der Waals surface area contributed by atoms with Gasteiger partial charge in [-0.1, -0.05) is 42.2 Å². The minimum Gasteiger partial charge on any atom is -0.343 e. The van der Waals surface area contributed by atoms with E-state index in [0.717, 1.165) is 17.7 Å². The number of piperidine rings is 1. The van der Waals surface area contributed by atoms with Crippen molar-refractivity contribution in [1.82, 2.24) is 4.90 Å². The summed E-state index contributed by atoms with van der Waals surface area (Å²) in [6.07, 6.45) is 2.26. The largest absolute Gasteiger partial charge is 0.347 e. The molecular formula is C12H16NO3PS2. The fourth-order valence-corrected chi connectivity index (χ4v) is 4.73.